The van der Waals surface area contributed by atoms with E-state index >= 15 is 0 Å². The highest BCUT2D eigenvalue weighted by atomic mass is 35.5. The smallest absolute Gasteiger partial charge is 0.234 e. The van der Waals surface area contributed by atoms with Crippen LogP contribution in [0.25, 0.3) is 0 Å². The summed E-state index contributed by atoms with van der Waals surface area (Å²) in [5, 5.41) is 2.82. The number of morpholine rings is 1. The first-order valence-electron chi connectivity index (χ1n) is 6.05. The van der Waals surface area contributed by atoms with Crippen LogP contribution < -0.4 is 17.7 Å². The number of halogens is 2. The minimum absolute atomic E-state index is 0. The number of nitrogens with one attached hydrogen (secondary N) is 1. The zero-order valence-corrected chi connectivity index (χ0v) is 11.3. The van der Waals surface area contributed by atoms with Crippen LogP contribution in [0.1, 0.15) is 5.56 Å². The summed E-state index contributed by atoms with van der Waals surface area (Å²) in [5.41, 5.74) is 0.895. The monoisotopic (exact) mass is 287 g/mol. The molecular formula is C13H17ClFN2O2-. The summed E-state index contributed by atoms with van der Waals surface area (Å²) < 4.78 is 17.9. The molecule has 106 valence electrons. The maximum Gasteiger partial charge on any atom is 0.234 e. The third-order valence-electron chi connectivity index (χ3n) is 2.87. The lowest BCUT2D eigenvalue weighted by Crippen LogP contribution is -3.00. The van der Waals surface area contributed by atoms with Gasteiger partial charge in [-0.3, -0.25) is 9.69 Å². The largest absolute Gasteiger partial charge is 1.00 e. The van der Waals surface area contributed by atoms with Gasteiger partial charge >= 0.3 is 0 Å². The Hall–Kier alpha value is -1.17. The molecule has 0 saturated carbocycles. The molecule has 0 aromatic heterocycles. The lowest BCUT2D eigenvalue weighted by molar-refractivity contribution is -0.123. The lowest BCUT2D eigenvalue weighted by Gasteiger charge is -2.25. The van der Waals surface area contributed by atoms with Crippen LogP contribution in [0.2, 0.25) is 0 Å². The number of amides is 1. The number of nitrogens with zero attached hydrogens (tertiary/aromatic N) is 1. The van der Waals surface area contributed by atoms with E-state index in [4.69, 9.17) is 4.74 Å². The van der Waals surface area contributed by atoms with Gasteiger partial charge in [-0.05, 0) is 17.7 Å². The van der Waals surface area contributed by atoms with E-state index in [0.29, 0.717) is 26.3 Å². The summed E-state index contributed by atoms with van der Waals surface area (Å²) in [4.78, 5) is 13.7. The fraction of sp³-hybridized carbons (Fsp3) is 0.462. The fourth-order valence-electron chi connectivity index (χ4n) is 1.82. The lowest BCUT2D eigenvalue weighted by atomic mass is 10.2. The van der Waals surface area contributed by atoms with Crippen LogP contribution in [0.3, 0.4) is 0 Å². The molecule has 1 N–H and O–H groups in total. The Bertz CT molecular complexity index is 394. The third-order valence-corrected chi connectivity index (χ3v) is 2.87. The Morgan fingerprint density at radius 3 is 2.53 bits per heavy atom. The second kappa shape index (κ2) is 8.09. The highest BCUT2D eigenvalue weighted by Gasteiger charge is 2.13. The van der Waals surface area contributed by atoms with Crippen molar-refractivity contribution in [3.63, 3.8) is 0 Å². The standard InChI is InChI=1S/C13H17FN2O2.ClH/c14-12-3-1-11(2-4-12)9-15-13(17)10-16-5-7-18-8-6-16;/h1-4H,5-10H2,(H,15,17);1H/p-1. The quantitative estimate of drug-likeness (QED) is 0.682. The van der Waals surface area contributed by atoms with Gasteiger partial charge in [0.15, 0.2) is 0 Å². The van der Waals surface area contributed by atoms with Crippen LogP contribution in [0.15, 0.2) is 24.3 Å². The van der Waals surface area contributed by atoms with E-state index < -0.39 is 0 Å². The molecule has 1 aliphatic rings. The summed E-state index contributed by atoms with van der Waals surface area (Å²) in [6.07, 6.45) is 0. The molecule has 2 rings (SSSR count). The number of benzene rings is 1. The first-order chi connectivity index (χ1) is 8.74. The Morgan fingerprint density at radius 1 is 1.26 bits per heavy atom. The number of carbonyl (C=O) groups excluding carboxylic acids is 1. The number of rotatable bonds is 4. The highest BCUT2D eigenvalue weighted by Crippen LogP contribution is 2.02. The van der Waals surface area contributed by atoms with Crippen LogP contribution in [0.4, 0.5) is 4.39 Å². The van der Waals surface area contributed by atoms with Crippen molar-refractivity contribution in [3.8, 4) is 0 Å². The third kappa shape index (κ3) is 5.55. The minimum Gasteiger partial charge on any atom is -1.00 e. The summed E-state index contributed by atoms with van der Waals surface area (Å²) in [5.74, 6) is -0.278. The number of ether oxygens (including phenoxy) is 1. The normalized spacial score (nSPS) is 15.6. The van der Waals surface area contributed by atoms with Crippen molar-refractivity contribution in [2.45, 2.75) is 6.54 Å². The molecule has 1 aliphatic heterocycles. The minimum atomic E-state index is -0.265. The number of hydrogen-bond donors (Lipinski definition) is 1. The molecule has 0 aliphatic carbocycles. The van der Waals surface area contributed by atoms with Gasteiger partial charge in [-0.2, -0.15) is 0 Å². The van der Waals surface area contributed by atoms with Crippen LogP contribution in [0.5, 0.6) is 0 Å². The van der Waals surface area contributed by atoms with E-state index in [2.05, 4.69) is 10.2 Å². The molecule has 6 heteroatoms. The zero-order valence-electron chi connectivity index (χ0n) is 10.6. The highest BCUT2D eigenvalue weighted by molar-refractivity contribution is 5.78. The van der Waals surface area contributed by atoms with E-state index in [1.807, 2.05) is 0 Å². The van der Waals surface area contributed by atoms with Crippen molar-refractivity contribution in [1.82, 2.24) is 10.2 Å². The molecule has 0 radical (unpaired) electrons. The molecule has 0 spiro atoms. The van der Waals surface area contributed by atoms with E-state index in [1.54, 1.807) is 12.1 Å². The van der Waals surface area contributed by atoms with Crippen molar-refractivity contribution >= 4 is 5.91 Å². The van der Waals surface area contributed by atoms with Gasteiger partial charge in [0, 0.05) is 19.6 Å². The molecule has 0 bridgehead atoms. The van der Waals surface area contributed by atoms with E-state index in [9.17, 15) is 9.18 Å². The molecule has 19 heavy (non-hydrogen) atoms. The first kappa shape index (κ1) is 15.9. The SMILES string of the molecule is O=C(CN1CCOCC1)NCc1ccc(F)cc1.[Cl-]. The molecule has 1 aromatic carbocycles. The zero-order chi connectivity index (χ0) is 12.8. The maximum absolute atomic E-state index is 12.7. The average molecular weight is 288 g/mol. The molecule has 1 fully saturated rings. The van der Waals surface area contributed by atoms with E-state index in [1.165, 1.54) is 12.1 Å². The first-order valence-corrected chi connectivity index (χ1v) is 6.05. The Morgan fingerprint density at radius 2 is 1.89 bits per heavy atom. The molecular weight excluding hydrogens is 271 g/mol. The van der Waals surface area contributed by atoms with Gasteiger partial charge in [-0.1, -0.05) is 12.1 Å². The predicted octanol–water partition coefficient (Wildman–Crippen LogP) is -2.22. The molecule has 4 nitrogen and oxygen atoms in total. The summed E-state index contributed by atoms with van der Waals surface area (Å²) in [7, 11) is 0. The molecule has 1 aromatic rings. The molecule has 1 heterocycles. The molecule has 1 saturated heterocycles. The Kier molecular flexibility index (Phi) is 6.77. The van der Waals surface area contributed by atoms with Gasteiger partial charge in [0.2, 0.25) is 5.91 Å². The van der Waals surface area contributed by atoms with Crippen molar-refractivity contribution in [1.29, 1.82) is 0 Å². The Balaban J connectivity index is 0.00000180. The van der Waals surface area contributed by atoms with Gasteiger partial charge < -0.3 is 22.5 Å². The Labute approximate surface area is 118 Å². The van der Waals surface area contributed by atoms with Crippen LogP contribution in [0, 0.1) is 5.82 Å². The van der Waals surface area contributed by atoms with Crippen molar-refractivity contribution in [2.24, 2.45) is 0 Å². The van der Waals surface area contributed by atoms with Crippen molar-refractivity contribution in [3.05, 3.63) is 35.6 Å². The van der Waals surface area contributed by atoms with Gasteiger partial charge in [-0.25, -0.2) is 4.39 Å². The van der Waals surface area contributed by atoms with Crippen molar-refractivity contribution in [2.75, 3.05) is 32.8 Å². The average Bonchev–Trinajstić information content (AvgIpc) is 2.39. The second-order valence-electron chi connectivity index (χ2n) is 4.29. The summed E-state index contributed by atoms with van der Waals surface area (Å²) in [6, 6.07) is 6.13. The van der Waals surface area contributed by atoms with E-state index in [0.717, 1.165) is 18.7 Å². The molecule has 0 unspecified atom stereocenters. The predicted molar refractivity (Wildman–Crippen MR) is 65.5 cm³/mol. The van der Waals surface area contributed by atoms with Gasteiger partial charge in [0.05, 0.1) is 19.8 Å². The maximum atomic E-state index is 12.7. The summed E-state index contributed by atoms with van der Waals surface area (Å²) in [6.45, 7) is 3.79. The second-order valence-corrected chi connectivity index (χ2v) is 4.29. The van der Waals surface area contributed by atoms with Gasteiger partial charge in [0.25, 0.3) is 0 Å². The van der Waals surface area contributed by atoms with Crippen LogP contribution in [-0.2, 0) is 16.1 Å². The number of hydrogen-bond acceptors (Lipinski definition) is 3. The van der Waals surface area contributed by atoms with Gasteiger partial charge in [-0.15, -0.1) is 0 Å². The van der Waals surface area contributed by atoms with Crippen LogP contribution >= 0.6 is 0 Å². The van der Waals surface area contributed by atoms with Crippen LogP contribution in [-0.4, -0.2) is 43.7 Å². The molecule has 1 amide bonds. The fourth-order valence-corrected chi connectivity index (χ4v) is 1.82. The van der Waals surface area contributed by atoms with E-state index in [-0.39, 0.29) is 24.1 Å². The molecule has 0 atom stereocenters. The topological polar surface area (TPSA) is 41.6 Å². The summed E-state index contributed by atoms with van der Waals surface area (Å²) >= 11 is 0. The number of carbonyl (C=O) groups is 1. The van der Waals surface area contributed by atoms with Gasteiger partial charge in [0.1, 0.15) is 5.82 Å². The van der Waals surface area contributed by atoms with Crippen molar-refractivity contribution < 1.29 is 26.3 Å².